The van der Waals surface area contributed by atoms with Gasteiger partial charge in [-0.15, -0.1) is 6.58 Å². The van der Waals surface area contributed by atoms with Crippen LogP contribution in [0.2, 0.25) is 0 Å². The molecule has 0 aliphatic carbocycles. The van der Waals surface area contributed by atoms with Gasteiger partial charge in [0.15, 0.2) is 0 Å². The molecular weight excluding hydrogens is 140 g/mol. The molecule has 0 aromatic heterocycles. The molecule has 0 unspecified atom stereocenters. The van der Waals surface area contributed by atoms with E-state index in [2.05, 4.69) is 23.8 Å². The van der Waals surface area contributed by atoms with Crippen molar-refractivity contribution in [2.45, 2.75) is 0 Å². The summed E-state index contributed by atoms with van der Waals surface area (Å²) in [6.45, 7) is 7.61. The lowest BCUT2D eigenvalue weighted by Gasteiger charge is -1.82. The Kier molecular flexibility index (Phi) is 13.3. The number of carbonyl (C=O) groups excluding carboxylic acids is 1. The Balaban J connectivity index is 0. The highest BCUT2D eigenvalue weighted by molar-refractivity contribution is 5.86. The first kappa shape index (κ1) is 12.6. The maximum absolute atomic E-state index is 9.95. The molecule has 0 saturated heterocycles. The van der Waals surface area contributed by atoms with Crippen LogP contribution in [0.4, 0.5) is 0 Å². The second kappa shape index (κ2) is 11.7. The molecule has 3 heteroatoms. The van der Waals surface area contributed by atoms with Crippen molar-refractivity contribution in [1.29, 1.82) is 0 Å². The van der Waals surface area contributed by atoms with Crippen LogP contribution in [-0.2, 0) is 4.79 Å². The number of amides is 1. The molecule has 0 radical (unpaired) electrons. The molecule has 64 valence electrons. The van der Waals surface area contributed by atoms with Crippen molar-refractivity contribution in [3.8, 4) is 0 Å². The molecule has 0 aliphatic heterocycles. The number of likely N-dealkylation sites (N-methyl/N-ethyl adjacent to an activating group) is 2. The fraction of sp³-hybridized carbons (Fsp3) is 0.375. The zero-order chi connectivity index (χ0) is 9.11. The number of nitrogens with one attached hydrogen (secondary N) is 2. The Morgan fingerprint density at radius 1 is 1.45 bits per heavy atom. The minimum Gasteiger partial charge on any atom is -0.356 e. The summed E-state index contributed by atoms with van der Waals surface area (Å²) >= 11 is 0. The summed E-state index contributed by atoms with van der Waals surface area (Å²) in [6.07, 6.45) is 3.04. The van der Waals surface area contributed by atoms with Gasteiger partial charge in [-0.05, 0) is 13.1 Å². The Morgan fingerprint density at radius 3 is 2.00 bits per heavy atom. The average Bonchev–Trinajstić information content (AvgIpc) is 2.06. The smallest absolute Gasteiger partial charge is 0.243 e. The van der Waals surface area contributed by atoms with E-state index in [0.29, 0.717) is 0 Å². The van der Waals surface area contributed by atoms with Crippen LogP contribution < -0.4 is 10.6 Å². The highest BCUT2D eigenvalue weighted by atomic mass is 16.1. The van der Waals surface area contributed by atoms with E-state index >= 15 is 0 Å². The molecule has 0 bridgehead atoms. The largest absolute Gasteiger partial charge is 0.356 e. The minimum atomic E-state index is -0.144. The zero-order valence-corrected chi connectivity index (χ0v) is 7.18. The van der Waals surface area contributed by atoms with Gasteiger partial charge in [-0.1, -0.05) is 12.7 Å². The van der Waals surface area contributed by atoms with E-state index in [0.717, 1.165) is 6.54 Å². The number of rotatable bonds is 3. The maximum Gasteiger partial charge on any atom is 0.243 e. The van der Waals surface area contributed by atoms with Crippen LogP contribution in [0.5, 0.6) is 0 Å². The predicted molar refractivity (Wildman–Crippen MR) is 48.4 cm³/mol. The van der Waals surface area contributed by atoms with Crippen molar-refractivity contribution in [2.75, 3.05) is 20.6 Å². The summed E-state index contributed by atoms with van der Waals surface area (Å²) in [6, 6.07) is 0. The molecular formula is C8H16N2O. The first-order valence-electron chi connectivity index (χ1n) is 3.32. The van der Waals surface area contributed by atoms with Crippen LogP contribution >= 0.6 is 0 Å². The normalized spacial score (nSPS) is 7.09. The molecule has 11 heavy (non-hydrogen) atoms. The van der Waals surface area contributed by atoms with E-state index in [1.54, 1.807) is 7.05 Å². The molecule has 0 rings (SSSR count). The standard InChI is InChI=1S/C4H7NO.C4H9N/c1-3-4(6)5-2;1-3-4-5-2/h3H,1H2,2H3,(H,5,6);3,5H,1,4H2,2H3. The summed E-state index contributed by atoms with van der Waals surface area (Å²) in [5, 5.41) is 5.26. The maximum atomic E-state index is 9.95. The van der Waals surface area contributed by atoms with E-state index in [1.807, 2.05) is 13.1 Å². The van der Waals surface area contributed by atoms with Gasteiger partial charge in [-0.3, -0.25) is 4.79 Å². The van der Waals surface area contributed by atoms with Crippen LogP contribution in [-0.4, -0.2) is 26.5 Å². The second-order valence-electron chi connectivity index (χ2n) is 1.66. The van der Waals surface area contributed by atoms with Crippen molar-refractivity contribution in [1.82, 2.24) is 10.6 Å². The monoisotopic (exact) mass is 156 g/mol. The van der Waals surface area contributed by atoms with Gasteiger partial charge in [0.05, 0.1) is 0 Å². The molecule has 1 amide bonds. The van der Waals surface area contributed by atoms with Gasteiger partial charge < -0.3 is 10.6 Å². The molecule has 3 nitrogen and oxygen atoms in total. The summed E-state index contributed by atoms with van der Waals surface area (Å²) in [7, 11) is 3.45. The Hall–Kier alpha value is -1.09. The topological polar surface area (TPSA) is 41.1 Å². The Morgan fingerprint density at radius 2 is 2.00 bits per heavy atom. The first-order valence-corrected chi connectivity index (χ1v) is 3.32. The Bertz CT molecular complexity index is 121. The first-order chi connectivity index (χ1) is 5.22. The van der Waals surface area contributed by atoms with Crippen LogP contribution in [0.1, 0.15) is 0 Å². The van der Waals surface area contributed by atoms with Gasteiger partial charge >= 0.3 is 0 Å². The van der Waals surface area contributed by atoms with Crippen LogP contribution in [0.25, 0.3) is 0 Å². The fourth-order valence-electron chi connectivity index (χ4n) is 0.246. The van der Waals surface area contributed by atoms with Gasteiger partial charge in [0.2, 0.25) is 5.91 Å². The summed E-state index contributed by atoms with van der Waals surface area (Å²) in [4.78, 5) is 9.95. The number of carbonyl (C=O) groups is 1. The highest BCUT2D eigenvalue weighted by Gasteiger charge is 1.78. The van der Waals surface area contributed by atoms with Crippen LogP contribution in [0.3, 0.4) is 0 Å². The molecule has 0 aromatic carbocycles. The molecule has 0 atom stereocenters. The van der Waals surface area contributed by atoms with Crippen molar-refractivity contribution < 1.29 is 4.79 Å². The van der Waals surface area contributed by atoms with Gasteiger partial charge in [-0.25, -0.2) is 0 Å². The van der Waals surface area contributed by atoms with E-state index in [4.69, 9.17) is 0 Å². The third-order valence-electron chi connectivity index (χ3n) is 0.780. The highest BCUT2D eigenvalue weighted by Crippen LogP contribution is 1.56. The third-order valence-corrected chi connectivity index (χ3v) is 0.780. The van der Waals surface area contributed by atoms with Crippen molar-refractivity contribution in [2.24, 2.45) is 0 Å². The lowest BCUT2D eigenvalue weighted by molar-refractivity contribution is -0.116. The summed E-state index contributed by atoms with van der Waals surface area (Å²) in [5.74, 6) is -0.144. The molecule has 0 spiro atoms. The van der Waals surface area contributed by atoms with Crippen molar-refractivity contribution >= 4 is 5.91 Å². The van der Waals surface area contributed by atoms with Gasteiger partial charge in [0.25, 0.3) is 0 Å². The van der Waals surface area contributed by atoms with Gasteiger partial charge in [-0.2, -0.15) is 0 Å². The Labute approximate surface area is 68.2 Å². The lowest BCUT2D eigenvalue weighted by atomic mass is 10.6. The molecule has 0 fully saturated rings. The molecule has 2 N–H and O–H groups in total. The molecule has 0 heterocycles. The van der Waals surface area contributed by atoms with E-state index in [-0.39, 0.29) is 5.91 Å². The average molecular weight is 156 g/mol. The SMILES string of the molecule is C=CC(=O)NC.C=CCNC. The quantitative estimate of drug-likeness (QED) is 0.456. The number of hydrogen-bond donors (Lipinski definition) is 2. The molecule has 0 aliphatic rings. The predicted octanol–water partition coefficient (Wildman–Crippen LogP) is 0.310. The zero-order valence-electron chi connectivity index (χ0n) is 7.18. The summed E-state index contributed by atoms with van der Waals surface area (Å²) in [5.41, 5.74) is 0. The van der Waals surface area contributed by atoms with Crippen molar-refractivity contribution in [3.05, 3.63) is 25.3 Å². The fourth-order valence-corrected chi connectivity index (χ4v) is 0.246. The van der Waals surface area contributed by atoms with Crippen molar-refractivity contribution in [3.63, 3.8) is 0 Å². The second-order valence-corrected chi connectivity index (χ2v) is 1.66. The van der Waals surface area contributed by atoms with Gasteiger partial charge in [0, 0.05) is 13.6 Å². The molecule has 0 saturated carbocycles. The third kappa shape index (κ3) is 17.6. The number of hydrogen-bond acceptors (Lipinski definition) is 2. The van der Waals surface area contributed by atoms with Crippen LogP contribution in [0.15, 0.2) is 25.3 Å². The molecule has 0 aromatic rings. The van der Waals surface area contributed by atoms with Gasteiger partial charge in [0.1, 0.15) is 0 Å². The van der Waals surface area contributed by atoms with Crippen LogP contribution in [0, 0.1) is 0 Å². The minimum absolute atomic E-state index is 0.144. The summed E-state index contributed by atoms with van der Waals surface area (Å²) < 4.78 is 0. The van der Waals surface area contributed by atoms with E-state index in [9.17, 15) is 4.79 Å². The van der Waals surface area contributed by atoms with E-state index < -0.39 is 0 Å². The lowest BCUT2D eigenvalue weighted by Crippen LogP contribution is -2.13. The van der Waals surface area contributed by atoms with E-state index in [1.165, 1.54) is 6.08 Å².